The van der Waals surface area contributed by atoms with Crippen LogP contribution >= 0.6 is 22.9 Å². The number of benzene rings is 1. The maximum Gasteiger partial charge on any atom is 0.248 e. The van der Waals surface area contributed by atoms with Crippen LogP contribution in [0.4, 0.5) is 5.69 Å². The molecule has 0 radical (unpaired) electrons. The highest BCUT2D eigenvalue weighted by atomic mass is 35.5. The Bertz CT molecular complexity index is 653. The third kappa shape index (κ3) is 2.16. The lowest BCUT2D eigenvalue weighted by Crippen LogP contribution is -2.30. The van der Waals surface area contributed by atoms with Crippen LogP contribution < -0.4 is 10.6 Å². The summed E-state index contributed by atoms with van der Waals surface area (Å²) in [6.45, 7) is 2.53. The topological polar surface area (TPSA) is 46.3 Å². The summed E-state index contributed by atoms with van der Waals surface area (Å²) >= 11 is 7.41. The van der Waals surface area contributed by atoms with Gasteiger partial charge in [-0.2, -0.15) is 0 Å². The fourth-order valence-electron chi connectivity index (χ4n) is 2.34. The SMILES string of the molecule is Cc1ccc2c(c1)C(N)C(=O)N2Cc1ccc(Cl)s1. The minimum Gasteiger partial charge on any atom is -0.316 e. The molecule has 1 unspecified atom stereocenters. The Labute approximate surface area is 120 Å². The number of nitrogens with zero attached hydrogens (tertiary/aromatic N) is 1. The van der Waals surface area contributed by atoms with Crippen LogP contribution in [0.25, 0.3) is 0 Å². The van der Waals surface area contributed by atoms with Gasteiger partial charge < -0.3 is 10.6 Å². The molecule has 3 rings (SSSR count). The molecule has 1 aromatic heterocycles. The average Bonchev–Trinajstić information content (AvgIpc) is 2.88. The molecule has 0 fully saturated rings. The Kier molecular flexibility index (Phi) is 3.09. The third-order valence-corrected chi connectivity index (χ3v) is 4.50. The summed E-state index contributed by atoms with van der Waals surface area (Å²) in [6, 6.07) is 9.18. The Morgan fingerprint density at radius 1 is 1.37 bits per heavy atom. The Balaban J connectivity index is 1.97. The number of nitrogens with two attached hydrogens (primary N) is 1. The summed E-state index contributed by atoms with van der Waals surface area (Å²) < 4.78 is 0.732. The van der Waals surface area contributed by atoms with Crippen LogP contribution in [0.1, 0.15) is 22.0 Å². The van der Waals surface area contributed by atoms with Crippen molar-refractivity contribution >= 4 is 34.5 Å². The first-order valence-electron chi connectivity index (χ1n) is 5.98. The zero-order valence-corrected chi connectivity index (χ0v) is 12.0. The van der Waals surface area contributed by atoms with Crippen LogP contribution in [0.2, 0.25) is 4.34 Å². The molecule has 2 heterocycles. The standard InChI is InChI=1S/C14H13ClN2OS/c1-8-2-4-11-10(6-8)13(16)14(18)17(11)7-9-3-5-12(15)19-9/h2-6,13H,7,16H2,1H3. The van der Waals surface area contributed by atoms with Gasteiger partial charge in [-0.05, 0) is 25.1 Å². The van der Waals surface area contributed by atoms with Crippen LogP contribution in [0.5, 0.6) is 0 Å². The van der Waals surface area contributed by atoms with Gasteiger partial charge in [0, 0.05) is 16.1 Å². The van der Waals surface area contributed by atoms with Crippen molar-refractivity contribution in [3.05, 3.63) is 50.7 Å². The molecule has 0 saturated carbocycles. The normalized spacial score (nSPS) is 17.9. The molecule has 1 atom stereocenters. The molecule has 0 saturated heterocycles. The van der Waals surface area contributed by atoms with Gasteiger partial charge in [-0.15, -0.1) is 11.3 Å². The van der Waals surface area contributed by atoms with Gasteiger partial charge in [-0.3, -0.25) is 4.79 Å². The number of hydrogen-bond donors (Lipinski definition) is 1. The van der Waals surface area contributed by atoms with Gasteiger partial charge >= 0.3 is 0 Å². The van der Waals surface area contributed by atoms with Crippen LogP contribution in [0.15, 0.2) is 30.3 Å². The maximum atomic E-state index is 12.3. The second-order valence-corrected chi connectivity index (χ2v) is 6.47. The lowest BCUT2D eigenvalue weighted by atomic mass is 10.1. The predicted octanol–water partition coefficient (Wildman–Crippen LogP) is 3.26. The van der Waals surface area contributed by atoms with Gasteiger partial charge in [0.25, 0.3) is 0 Å². The summed E-state index contributed by atoms with van der Waals surface area (Å²) in [5.74, 6) is -0.0508. The van der Waals surface area contributed by atoms with Gasteiger partial charge in [-0.1, -0.05) is 29.3 Å². The molecular formula is C14H13ClN2OS. The van der Waals surface area contributed by atoms with Crippen LogP contribution in [-0.2, 0) is 11.3 Å². The number of anilines is 1. The van der Waals surface area contributed by atoms with Crippen molar-refractivity contribution in [3.63, 3.8) is 0 Å². The van der Waals surface area contributed by atoms with Crippen molar-refractivity contribution in [1.82, 2.24) is 0 Å². The number of carbonyl (C=O) groups is 1. The Morgan fingerprint density at radius 2 is 2.16 bits per heavy atom. The number of carbonyl (C=O) groups excluding carboxylic acids is 1. The number of hydrogen-bond acceptors (Lipinski definition) is 3. The Hall–Kier alpha value is -1.36. The molecule has 1 aliphatic heterocycles. The highest BCUT2D eigenvalue weighted by Crippen LogP contribution is 2.37. The van der Waals surface area contributed by atoms with Gasteiger partial charge in [0.1, 0.15) is 6.04 Å². The second-order valence-electron chi connectivity index (χ2n) is 4.67. The summed E-state index contributed by atoms with van der Waals surface area (Å²) in [6.07, 6.45) is 0. The van der Waals surface area contributed by atoms with Crippen LogP contribution in [-0.4, -0.2) is 5.91 Å². The van der Waals surface area contributed by atoms with E-state index in [-0.39, 0.29) is 5.91 Å². The predicted molar refractivity (Wildman–Crippen MR) is 78.6 cm³/mol. The molecule has 1 aliphatic rings. The third-order valence-electron chi connectivity index (χ3n) is 3.28. The molecule has 3 nitrogen and oxygen atoms in total. The van der Waals surface area contributed by atoms with E-state index in [9.17, 15) is 4.79 Å². The van der Waals surface area contributed by atoms with Crippen molar-refractivity contribution in [2.45, 2.75) is 19.5 Å². The van der Waals surface area contributed by atoms with E-state index in [0.717, 1.165) is 26.0 Å². The molecule has 98 valence electrons. The number of fused-ring (bicyclic) bond motifs is 1. The molecule has 2 aromatic rings. The smallest absolute Gasteiger partial charge is 0.248 e. The highest BCUT2D eigenvalue weighted by Gasteiger charge is 2.34. The summed E-state index contributed by atoms with van der Waals surface area (Å²) in [7, 11) is 0. The zero-order chi connectivity index (χ0) is 13.6. The molecule has 1 aromatic carbocycles. The second kappa shape index (κ2) is 4.63. The van der Waals surface area contributed by atoms with Crippen molar-refractivity contribution in [1.29, 1.82) is 0 Å². The molecule has 19 heavy (non-hydrogen) atoms. The number of halogens is 1. The fraction of sp³-hybridized carbons (Fsp3) is 0.214. The van der Waals surface area contributed by atoms with Crippen molar-refractivity contribution in [3.8, 4) is 0 Å². The van der Waals surface area contributed by atoms with Gasteiger partial charge in [0.15, 0.2) is 0 Å². The van der Waals surface area contributed by atoms with E-state index in [4.69, 9.17) is 17.3 Å². The van der Waals surface area contributed by atoms with Gasteiger partial charge in [-0.25, -0.2) is 0 Å². The molecule has 0 aliphatic carbocycles. The first-order chi connectivity index (χ1) is 9.06. The van der Waals surface area contributed by atoms with Crippen molar-refractivity contribution in [2.75, 3.05) is 4.90 Å². The molecule has 2 N–H and O–H groups in total. The maximum absolute atomic E-state index is 12.3. The largest absolute Gasteiger partial charge is 0.316 e. The van der Waals surface area contributed by atoms with E-state index in [1.165, 1.54) is 11.3 Å². The molecule has 0 bridgehead atoms. The quantitative estimate of drug-likeness (QED) is 0.923. The minimum atomic E-state index is -0.551. The highest BCUT2D eigenvalue weighted by molar-refractivity contribution is 7.16. The molecule has 5 heteroatoms. The molecule has 0 spiro atoms. The van der Waals surface area contributed by atoms with Gasteiger partial charge in [0.2, 0.25) is 5.91 Å². The monoisotopic (exact) mass is 292 g/mol. The summed E-state index contributed by atoms with van der Waals surface area (Å²) in [5.41, 5.74) is 8.93. The van der Waals surface area contributed by atoms with Crippen LogP contribution in [0.3, 0.4) is 0 Å². The van der Waals surface area contributed by atoms with Gasteiger partial charge in [0.05, 0.1) is 10.9 Å². The van der Waals surface area contributed by atoms with E-state index in [1.807, 2.05) is 37.3 Å². The molecule has 1 amide bonds. The first kappa shape index (κ1) is 12.7. The van der Waals surface area contributed by atoms with Crippen LogP contribution in [0, 0.1) is 6.92 Å². The van der Waals surface area contributed by atoms with E-state index in [1.54, 1.807) is 4.90 Å². The van der Waals surface area contributed by atoms with E-state index in [2.05, 4.69) is 0 Å². The van der Waals surface area contributed by atoms with E-state index >= 15 is 0 Å². The lowest BCUT2D eigenvalue weighted by Gasteiger charge is -2.16. The van der Waals surface area contributed by atoms with E-state index < -0.39 is 6.04 Å². The zero-order valence-electron chi connectivity index (χ0n) is 10.4. The minimum absolute atomic E-state index is 0.0508. The van der Waals surface area contributed by atoms with E-state index in [0.29, 0.717) is 6.54 Å². The number of rotatable bonds is 2. The first-order valence-corrected chi connectivity index (χ1v) is 7.17. The van der Waals surface area contributed by atoms with Crippen molar-refractivity contribution in [2.24, 2.45) is 5.73 Å². The average molecular weight is 293 g/mol. The molecular weight excluding hydrogens is 280 g/mol. The fourth-order valence-corrected chi connectivity index (χ4v) is 3.42. The summed E-state index contributed by atoms with van der Waals surface area (Å²) in [4.78, 5) is 15.0. The number of amides is 1. The number of aryl methyl sites for hydroxylation is 1. The Morgan fingerprint density at radius 3 is 2.84 bits per heavy atom. The van der Waals surface area contributed by atoms with Crippen molar-refractivity contribution < 1.29 is 4.79 Å². The number of thiophene rings is 1. The summed E-state index contributed by atoms with van der Waals surface area (Å²) in [5, 5.41) is 0. The lowest BCUT2D eigenvalue weighted by molar-refractivity contribution is -0.119.